The molecule has 7 nitrogen and oxygen atoms in total. The zero-order chi connectivity index (χ0) is 13.1. The van der Waals surface area contributed by atoms with Crippen LogP contribution in [0, 0.1) is 0 Å². The number of hydrogen-bond donors (Lipinski definition) is 3. The molecule has 0 aliphatic carbocycles. The van der Waals surface area contributed by atoms with Gasteiger partial charge >= 0.3 is 16.4 Å². The first-order chi connectivity index (χ1) is 7.78. The second kappa shape index (κ2) is 7.07. The van der Waals surface area contributed by atoms with Gasteiger partial charge in [-0.1, -0.05) is 12.1 Å². The fourth-order valence-corrected chi connectivity index (χ4v) is 1.50. The minimum Gasteiger partial charge on any atom is -0.480 e. The molecule has 0 aliphatic rings. The van der Waals surface area contributed by atoms with Crippen LogP contribution in [0.4, 0.5) is 0 Å². The summed E-state index contributed by atoms with van der Waals surface area (Å²) in [4.78, 5) is 10.5. The van der Waals surface area contributed by atoms with Crippen molar-refractivity contribution in [3.63, 3.8) is 0 Å². The molecule has 1 rings (SSSR count). The van der Waals surface area contributed by atoms with Crippen molar-refractivity contribution in [1.82, 2.24) is 0 Å². The Morgan fingerprint density at radius 3 is 2.22 bits per heavy atom. The van der Waals surface area contributed by atoms with E-state index in [0.717, 1.165) is 0 Å². The Morgan fingerprint density at radius 1 is 1.33 bits per heavy atom. The SMILES string of the molecule is N[C@@H](Cc1ccc(OS(=O)(=O)O)cc1)C(=O)O.[Na]. The van der Waals surface area contributed by atoms with E-state index in [0.29, 0.717) is 5.56 Å². The van der Waals surface area contributed by atoms with Gasteiger partial charge in [0.25, 0.3) is 0 Å². The van der Waals surface area contributed by atoms with Crippen LogP contribution in [0.5, 0.6) is 5.75 Å². The van der Waals surface area contributed by atoms with Gasteiger partial charge in [-0.05, 0) is 24.1 Å². The minimum absolute atomic E-state index is 0. The molecule has 18 heavy (non-hydrogen) atoms. The number of nitrogens with two attached hydrogens (primary N) is 1. The van der Waals surface area contributed by atoms with Crippen molar-refractivity contribution in [2.24, 2.45) is 5.73 Å². The van der Waals surface area contributed by atoms with Crippen LogP contribution >= 0.6 is 0 Å². The maximum Gasteiger partial charge on any atom is 0.446 e. The van der Waals surface area contributed by atoms with Gasteiger partial charge in [-0.2, -0.15) is 8.42 Å². The molecule has 95 valence electrons. The Kier molecular flexibility index (Phi) is 6.82. The van der Waals surface area contributed by atoms with Crippen molar-refractivity contribution in [2.45, 2.75) is 12.5 Å². The number of carboxylic acid groups (broad SMARTS) is 1. The van der Waals surface area contributed by atoms with Crippen LogP contribution < -0.4 is 9.92 Å². The van der Waals surface area contributed by atoms with Crippen molar-refractivity contribution >= 4 is 45.9 Å². The van der Waals surface area contributed by atoms with Crippen molar-refractivity contribution in [2.75, 3.05) is 0 Å². The molecule has 0 saturated carbocycles. The molecule has 0 bridgehead atoms. The van der Waals surface area contributed by atoms with Gasteiger partial charge in [-0.15, -0.1) is 0 Å². The largest absolute Gasteiger partial charge is 0.480 e. The summed E-state index contributed by atoms with van der Waals surface area (Å²) in [6.45, 7) is 0. The van der Waals surface area contributed by atoms with E-state index in [1.807, 2.05) is 0 Å². The van der Waals surface area contributed by atoms with Gasteiger partial charge in [0.05, 0.1) is 0 Å². The van der Waals surface area contributed by atoms with Crippen LogP contribution in [0.25, 0.3) is 0 Å². The molecule has 0 saturated heterocycles. The van der Waals surface area contributed by atoms with Crippen LogP contribution in [0.3, 0.4) is 0 Å². The van der Waals surface area contributed by atoms with E-state index in [9.17, 15) is 13.2 Å². The third-order valence-electron chi connectivity index (χ3n) is 1.90. The Bertz CT molecular complexity index is 500. The van der Waals surface area contributed by atoms with Gasteiger partial charge in [-0.25, -0.2) is 0 Å². The van der Waals surface area contributed by atoms with Crippen molar-refractivity contribution in [1.29, 1.82) is 0 Å². The zero-order valence-corrected chi connectivity index (χ0v) is 12.4. The maximum absolute atomic E-state index is 10.5. The van der Waals surface area contributed by atoms with E-state index < -0.39 is 22.4 Å². The molecule has 1 aromatic carbocycles. The first-order valence-electron chi connectivity index (χ1n) is 4.52. The van der Waals surface area contributed by atoms with Gasteiger partial charge in [0.1, 0.15) is 11.8 Å². The third-order valence-corrected chi connectivity index (χ3v) is 2.30. The topological polar surface area (TPSA) is 127 Å². The Morgan fingerprint density at radius 2 is 1.83 bits per heavy atom. The molecule has 0 spiro atoms. The summed E-state index contributed by atoms with van der Waals surface area (Å²) in [7, 11) is -4.55. The minimum atomic E-state index is -4.55. The van der Waals surface area contributed by atoms with Crippen molar-refractivity contribution < 1.29 is 27.1 Å². The second-order valence-corrected chi connectivity index (χ2v) is 4.33. The molecule has 1 aromatic rings. The number of rotatable bonds is 5. The molecular formula is C9H11NNaO6S. The van der Waals surface area contributed by atoms with Gasteiger partial charge in [0.15, 0.2) is 0 Å². The van der Waals surface area contributed by atoms with E-state index in [2.05, 4.69) is 4.18 Å². The Labute approximate surface area is 126 Å². The van der Waals surface area contributed by atoms with E-state index in [-0.39, 0.29) is 41.7 Å². The Hall–Kier alpha value is -0.640. The van der Waals surface area contributed by atoms with Gasteiger partial charge < -0.3 is 15.0 Å². The molecule has 0 aromatic heterocycles. The summed E-state index contributed by atoms with van der Waals surface area (Å²) in [5, 5.41) is 8.59. The summed E-state index contributed by atoms with van der Waals surface area (Å²) in [6.07, 6.45) is 0.113. The molecular weight excluding hydrogens is 273 g/mol. The molecule has 0 aliphatic heterocycles. The number of hydrogen-bond acceptors (Lipinski definition) is 5. The van der Waals surface area contributed by atoms with Crippen molar-refractivity contribution in [3.8, 4) is 5.75 Å². The molecule has 0 unspecified atom stereocenters. The van der Waals surface area contributed by atoms with E-state index in [1.54, 1.807) is 0 Å². The summed E-state index contributed by atoms with van der Waals surface area (Å²) in [5.74, 6) is -1.19. The fraction of sp³-hybridized carbons (Fsp3) is 0.222. The average molecular weight is 284 g/mol. The van der Waals surface area contributed by atoms with Gasteiger partial charge in [-0.3, -0.25) is 9.35 Å². The molecule has 4 N–H and O–H groups in total. The summed E-state index contributed by atoms with van der Waals surface area (Å²) >= 11 is 0. The maximum atomic E-state index is 10.5. The molecule has 9 heteroatoms. The van der Waals surface area contributed by atoms with Crippen LogP contribution in [-0.2, 0) is 21.6 Å². The number of carbonyl (C=O) groups is 1. The van der Waals surface area contributed by atoms with E-state index in [4.69, 9.17) is 15.4 Å². The monoisotopic (exact) mass is 284 g/mol. The Balaban J connectivity index is 0.00000289. The van der Waals surface area contributed by atoms with Crippen molar-refractivity contribution in [3.05, 3.63) is 29.8 Å². The molecule has 0 amide bonds. The van der Waals surface area contributed by atoms with Crippen LogP contribution in [-0.4, -0.2) is 59.6 Å². The quantitative estimate of drug-likeness (QED) is 0.488. The molecule has 1 atom stereocenters. The molecule has 0 heterocycles. The standard InChI is InChI=1S/C9H11NO6S.Na/c10-8(9(11)12)5-6-1-3-7(4-2-6)16-17(13,14)15;/h1-4,8H,5,10H2,(H,11,12)(H,13,14,15);/t8-;/m0./s1. The van der Waals surface area contributed by atoms with Crippen LogP contribution in [0.15, 0.2) is 24.3 Å². The first kappa shape index (κ1) is 17.4. The fourth-order valence-electron chi connectivity index (χ4n) is 1.14. The van der Waals surface area contributed by atoms with Gasteiger partial charge in [0.2, 0.25) is 0 Å². The summed E-state index contributed by atoms with van der Waals surface area (Å²) in [5.41, 5.74) is 5.94. The molecule has 0 fully saturated rings. The summed E-state index contributed by atoms with van der Waals surface area (Å²) < 4.78 is 33.4. The smallest absolute Gasteiger partial charge is 0.446 e. The second-order valence-electron chi connectivity index (χ2n) is 3.30. The number of benzene rings is 1. The van der Waals surface area contributed by atoms with E-state index in [1.165, 1.54) is 24.3 Å². The zero-order valence-electron chi connectivity index (χ0n) is 9.61. The summed E-state index contributed by atoms with van der Waals surface area (Å²) in [6, 6.07) is 4.48. The average Bonchev–Trinajstić information content (AvgIpc) is 2.18. The van der Waals surface area contributed by atoms with Crippen LogP contribution in [0.1, 0.15) is 5.56 Å². The number of aliphatic carboxylic acids is 1. The van der Waals surface area contributed by atoms with Gasteiger partial charge in [0, 0.05) is 29.6 Å². The normalized spacial score (nSPS) is 12.3. The van der Waals surface area contributed by atoms with Crippen LogP contribution in [0.2, 0.25) is 0 Å². The predicted molar refractivity (Wildman–Crippen MR) is 63.7 cm³/mol. The van der Waals surface area contributed by atoms with E-state index >= 15 is 0 Å². The molecule has 1 radical (unpaired) electrons. The predicted octanol–water partition coefficient (Wildman–Crippen LogP) is -0.558. The number of carboxylic acids is 1. The third kappa shape index (κ3) is 6.34. The first-order valence-corrected chi connectivity index (χ1v) is 5.88.